The molecule has 1 aromatic carbocycles. The Balaban J connectivity index is 2.03. The van der Waals surface area contributed by atoms with Crippen molar-refractivity contribution in [2.45, 2.75) is 57.6 Å². The predicted octanol–water partition coefficient (Wildman–Crippen LogP) is 3.66. The third kappa shape index (κ3) is 5.20. The Morgan fingerprint density at radius 1 is 1.30 bits per heavy atom. The van der Waals surface area contributed by atoms with Crippen LogP contribution in [0.15, 0.2) is 24.3 Å². The Morgan fingerprint density at radius 2 is 1.96 bits per heavy atom. The summed E-state index contributed by atoms with van der Waals surface area (Å²) in [5.74, 6) is 0.0267. The van der Waals surface area contributed by atoms with E-state index in [-0.39, 0.29) is 23.9 Å². The fourth-order valence-electron chi connectivity index (χ4n) is 2.73. The molecule has 1 aliphatic carbocycles. The summed E-state index contributed by atoms with van der Waals surface area (Å²) in [6.07, 6.45) is 2.37. The van der Waals surface area contributed by atoms with Crippen LogP contribution in [0.5, 0.6) is 0 Å². The zero-order valence-corrected chi connectivity index (χ0v) is 14.2. The average molecular weight is 322 g/mol. The van der Waals surface area contributed by atoms with Gasteiger partial charge in [-0.1, -0.05) is 12.1 Å². The van der Waals surface area contributed by atoms with Crippen LogP contribution in [0.3, 0.4) is 0 Å². The van der Waals surface area contributed by atoms with Crippen LogP contribution in [-0.2, 0) is 4.74 Å². The minimum atomic E-state index is -0.510. The molecule has 2 rings (SSSR count). The molecule has 0 aliphatic heterocycles. The molecule has 1 amide bonds. The molecule has 5 heteroatoms. The van der Waals surface area contributed by atoms with Crippen molar-refractivity contribution in [3.05, 3.63) is 35.6 Å². The predicted molar refractivity (Wildman–Crippen MR) is 88.8 cm³/mol. The molecule has 0 spiro atoms. The fourth-order valence-corrected chi connectivity index (χ4v) is 2.73. The smallest absolute Gasteiger partial charge is 0.410 e. The maximum Gasteiger partial charge on any atom is 0.410 e. The number of hydrogen-bond donors (Lipinski definition) is 1. The Kier molecular flexibility index (Phi) is 5.63. The van der Waals surface area contributed by atoms with Crippen molar-refractivity contribution in [2.24, 2.45) is 5.73 Å². The molecule has 0 heterocycles. The van der Waals surface area contributed by atoms with E-state index in [2.05, 4.69) is 0 Å². The number of unbranched alkanes of at least 4 members (excludes halogenated alkanes) is 1. The molecule has 0 aromatic heterocycles. The van der Waals surface area contributed by atoms with Crippen LogP contribution in [0.2, 0.25) is 0 Å². The van der Waals surface area contributed by atoms with Gasteiger partial charge in [0.25, 0.3) is 0 Å². The van der Waals surface area contributed by atoms with Gasteiger partial charge in [-0.15, -0.1) is 0 Å². The summed E-state index contributed by atoms with van der Waals surface area (Å²) in [4.78, 5) is 14.3. The van der Waals surface area contributed by atoms with Gasteiger partial charge in [0.05, 0.1) is 0 Å². The van der Waals surface area contributed by atoms with E-state index >= 15 is 0 Å². The Labute approximate surface area is 137 Å². The lowest BCUT2D eigenvalue weighted by atomic mass is 10.1. The molecule has 0 saturated heterocycles. The summed E-state index contributed by atoms with van der Waals surface area (Å²) in [7, 11) is 0. The highest BCUT2D eigenvalue weighted by Crippen LogP contribution is 2.45. The van der Waals surface area contributed by atoms with Crippen LogP contribution in [0.1, 0.15) is 51.5 Å². The molecule has 1 saturated carbocycles. The number of nitrogens with two attached hydrogens (primary N) is 1. The number of carbonyl (C=O) groups is 1. The Hall–Kier alpha value is -1.62. The van der Waals surface area contributed by atoms with Crippen molar-refractivity contribution >= 4 is 6.09 Å². The van der Waals surface area contributed by atoms with Crippen molar-refractivity contribution in [1.82, 2.24) is 4.90 Å². The molecule has 1 aliphatic rings. The van der Waals surface area contributed by atoms with E-state index < -0.39 is 5.60 Å². The second-order valence-electron chi connectivity index (χ2n) is 7.13. The zero-order valence-electron chi connectivity index (χ0n) is 14.2. The van der Waals surface area contributed by atoms with Crippen molar-refractivity contribution in [2.75, 3.05) is 13.1 Å². The summed E-state index contributed by atoms with van der Waals surface area (Å²) < 4.78 is 18.6. The van der Waals surface area contributed by atoms with E-state index in [9.17, 15) is 9.18 Å². The van der Waals surface area contributed by atoms with E-state index in [0.717, 1.165) is 24.8 Å². The standard InChI is InChI=1S/C18H27FN2O2/c1-18(2,3)23-17(22)21(11-5-4-10-20)16-12-15(16)13-6-8-14(19)9-7-13/h6-9,15-16H,4-5,10-12,20H2,1-3H3. The van der Waals surface area contributed by atoms with Gasteiger partial charge in [0.15, 0.2) is 0 Å². The number of benzene rings is 1. The van der Waals surface area contributed by atoms with E-state index in [1.54, 1.807) is 12.1 Å². The van der Waals surface area contributed by atoms with Gasteiger partial charge in [-0.2, -0.15) is 0 Å². The second-order valence-corrected chi connectivity index (χ2v) is 7.13. The highest BCUT2D eigenvalue weighted by Gasteiger charge is 2.45. The van der Waals surface area contributed by atoms with Gasteiger partial charge < -0.3 is 15.4 Å². The first-order valence-corrected chi connectivity index (χ1v) is 8.27. The van der Waals surface area contributed by atoms with Gasteiger partial charge in [-0.25, -0.2) is 9.18 Å². The van der Waals surface area contributed by atoms with Crippen LogP contribution < -0.4 is 5.73 Å². The molecule has 0 radical (unpaired) electrons. The Bertz CT molecular complexity index is 525. The number of hydrogen-bond acceptors (Lipinski definition) is 3. The van der Waals surface area contributed by atoms with E-state index in [1.165, 1.54) is 12.1 Å². The van der Waals surface area contributed by atoms with Gasteiger partial charge in [0, 0.05) is 18.5 Å². The van der Waals surface area contributed by atoms with Crippen LogP contribution in [-0.4, -0.2) is 35.7 Å². The summed E-state index contributed by atoms with van der Waals surface area (Å²) in [6, 6.07) is 6.67. The molecule has 2 N–H and O–H groups in total. The van der Waals surface area contributed by atoms with Gasteiger partial charge in [0.2, 0.25) is 0 Å². The Morgan fingerprint density at radius 3 is 2.52 bits per heavy atom. The SMILES string of the molecule is CC(C)(C)OC(=O)N(CCCCN)C1CC1c1ccc(F)cc1. The lowest BCUT2D eigenvalue weighted by Gasteiger charge is -2.28. The quantitative estimate of drug-likeness (QED) is 0.813. The van der Waals surface area contributed by atoms with E-state index in [1.807, 2.05) is 25.7 Å². The molecular formula is C18H27FN2O2. The lowest BCUT2D eigenvalue weighted by molar-refractivity contribution is 0.0227. The maximum absolute atomic E-state index is 13.0. The summed E-state index contributed by atoms with van der Waals surface area (Å²) >= 11 is 0. The fraction of sp³-hybridized carbons (Fsp3) is 0.611. The van der Waals surface area contributed by atoms with Gasteiger partial charge in [-0.05, 0) is 64.3 Å². The van der Waals surface area contributed by atoms with Gasteiger partial charge in [-0.3, -0.25) is 0 Å². The maximum atomic E-state index is 13.0. The average Bonchev–Trinajstić information content (AvgIpc) is 3.22. The van der Waals surface area contributed by atoms with E-state index in [4.69, 9.17) is 10.5 Å². The van der Waals surface area contributed by atoms with Crippen molar-refractivity contribution < 1.29 is 13.9 Å². The lowest BCUT2D eigenvalue weighted by Crippen LogP contribution is -2.39. The first-order chi connectivity index (χ1) is 10.8. The van der Waals surface area contributed by atoms with Crippen molar-refractivity contribution in [3.8, 4) is 0 Å². The number of carbonyl (C=O) groups excluding carboxylic acids is 1. The molecule has 128 valence electrons. The molecular weight excluding hydrogens is 295 g/mol. The molecule has 4 nitrogen and oxygen atoms in total. The highest BCUT2D eigenvalue weighted by molar-refractivity contribution is 5.69. The van der Waals surface area contributed by atoms with E-state index in [0.29, 0.717) is 13.1 Å². The van der Waals surface area contributed by atoms with Crippen molar-refractivity contribution in [3.63, 3.8) is 0 Å². The van der Waals surface area contributed by atoms with Gasteiger partial charge in [0.1, 0.15) is 11.4 Å². The number of rotatable bonds is 6. The van der Waals surface area contributed by atoms with Crippen LogP contribution in [0.4, 0.5) is 9.18 Å². The summed E-state index contributed by atoms with van der Waals surface area (Å²) in [5, 5.41) is 0. The molecule has 23 heavy (non-hydrogen) atoms. The molecule has 1 aromatic rings. The first kappa shape index (κ1) is 17.7. The molecule has 0 bridgehead atoms. The monoisotopic (exact) mass is 322 g/mol. The minimum Gasteiger partial charge on any atom is -0.444 e. The number of nitrogens with zero attached hydrogens (tertiary/aromatic N) is 1. The highest BCUT2D eigenvalue weighted by atomic mass is 19.1. The third-order valence-corrected chi connectivity index (χ3v) is 3.94. The topological polar surface area (TPSA) is 55.6 Å². The van der Waals surface area contributed by atoms with Crippen LogP contribution in [0, 0.1) is 5.82 Å². The number of halogens is 1. The van der Waals surface area contributed by atoms with Crippen LogP contribution in [0.25, 0.3) is 0 Å². The molecule has 1 fully saturated rings. The largest absolute Gasteiger partial charge is 0.444 e. The summed E-state index contributed by atoms with van der Waals surface area (Å²) in [6.45, 7) is 6.87. The molecule has 2 unspecified atom stereocenters. The second kappa shape index (κ2) is 7.30. The zero-order chi connectivity index (χ0) is 17.0. The summed E-state index contributed by atoms with van der Waals surface area (Å²) in [5.41, 5.74) is 6.11. The number of amides is 1. The van der Waals surface area contributed by atoms with Crippen molar-refractivity contribution in [1.29, 1.82) is 0 Å². The third-order valence-electron chi connectivity index (χ3n) is 3.94. The first-order valence-electron chi connectivity index (χ1n) is 8.27. The van der Waals surface area contributed by atoms with Crippen LogP contribution >= 0.6 is 0 Å². The normalized spacial score (nSPS) is 20.2. The number of ether oxygens (including phenoxy) is 1. The minimum absolute atomic E-state index is 0.132. The van der Waals surface area contributed by atoms with Gasteiger partial charge >= 0.3 is 6.09 Å². The molecule has 2 atom stereocenters.